The van der Waals surface area contributed by atoms with Crippen molar-refractivity contribution in [1.29, 1.82) is 0 Å². The van der Waals surface area contributed by atoms with E-state index in [9.17, 15) is 9.59 Å². The van der Waals surface area contributed by atoms with Gasteiger partial charge < -0.3 is 20.7 Å². The summed E-state index contributed by atoms with van der Waals surface area (Å²) in [7, 11) is 0. The Balaban J connectivity index is 2.61. The second kappa shape index (κ2) is 8.26. The van der Waals surface area contributed by atoms with E-state index in [1.807, 2.05) is 13.8 Å². The number of nitrogens with zero attached hydrogens (tertiary/aromatic N) is 1. The van der Waals surface area contributed by atoms with Gasteiger partial charge in [0, 0.05) is 24.8 Å². The van der Waals surface area contributed by atoms with Gasteiger partial charge in [0.25, 0.3) is 5.91 Å². The molecule has 2 amide bonds. The maximum absolute atomic E-state index is 11.8. The lowest BCUT2D eigenvalue weighted by Crippen LogP contribution is -2.34. The third kappa shape index (κ3) is 5.43. The minimum absolute atomic E-state index is 0.0215. The van der Waals surface area contributed by atoms with Crippen LogP contribution in [0.1, 0.15) is 20.8 Å². The molecule has 0 saturated carbocycles. The highest BCUT2D eigenvalue weighted by atomic mass is 16.5. The van der Waals surface area contributed by atoms with Crippen LogP contribution >= 0.6 is 0 Å². The highest BCUT2D eigenvalue weighted by Gasteiger charge is 2.11. The molecule has 0 radical (unpaired) electrons. The normalized spacial score (nSPS) is 11.6. The molecule has 21 heavy (non-hydrogen) atoms. The van der Waals surface area contributed by atoms with Gasteiger partial charge in [-0.3, -0.25) is 9.59 Å². The first-order chi connectivity index (χ1) is 9.97. The molecule has 0 spiro atoms. The molecule has 0 heterocycles. The molecule has 0 saturated heterocycles. The van der Waals surface area contributed by atoms with E-state index >= 15 is 0 Å². The van der Waals surface area contributed by atoms with Gasteiger partial charge in [-0.05, 0) is 32.9 Å². The summed E-state index contributed by atoms with van der Waals surface area (Å²) in [6, 6.07) is 6.29. The molecule has 1 aromatic rings. The van der Waals surface area contributed by atoms with Gasteiger partial charge in [0.1, 0.15) is 5.75 Å². The second-order valence-electron chi connectivity index (χ2n) is 4.66. The number of hydrogen-bond acceptors (Lipinski definition) is 4. The van der Waals surface area contributed by atoms with E-state index in [4.69, 9.17) is 10.5 Å². The number of benzene rings is 1. The molecule has 0 unspecified atom stereocenters. The summed E-state index contributed by atoms with van der Waals surface area (Å²) >= 11 is 0. The standard InChI is InChI=1S/C15H23N3O3/c1-4-18(5-2)14(19)10-21-13-8-6-7-12(9-13)17-15(20)11(3)16/h6-9,11H,4-5,10,16H2,1-3H3,(H,17,20)/t11-/m0/s1. The van der Waals surface area contributed by atoms with Crippen LogP contribution in [-0.2, 0) is 9.59 Å². The monoisotopic (exact) mass is 293 g/mol. The minimum Gasteiger partial charge on any atom is -0.484 e. The first-order valence-electron chi connectivity index (χ1n) is 7.05. The van der Waals surface area contributed by atoms with Crippen LogP contribution in [0.15, 0.2) is 24.3 Å². The predicted octanol–water partition coefficient (Wildman–Crippen LogP) is 1.22. The minimum atomic E-state index is -0.584. The van der Waals surface area contributed by atoms with Crippen LogP contribution in [0.4, 0.5) is 5.69 Å². The average Bonchev–Trinajstić information content (AvgIpc) is 2.46. The maximum atomic E-state index is 11.8. The zero-order chi connectivity index (χ0) is 15.8. The molecular weight excluding hydrogens is 270 g/mol. The fraction of sp³-hybridized carbons (Fsp3) is 0.467. The van der Waals surface area contributed by atoms with E-state index < -0.39 is 6.04 Å². The summed E-state index contributed by atoms with van der Waals surface area (Å²) in [4.78, 5) is 25.1. The van der Waals surface area contributed by atoms with Crippen molar-refractivity contribution < 1.29 is 14.3 Å². The molecule has 1 rings (SSSR count). The molecule has 0 fully saturated rings. The van der Waals surface area contributed by atoms with Crippen LogP contribution in [0, 0.1) is 0 Å². The number of carbonyl (C=O) groups is 2. The van der Waals surface area contributed by atoms with Gasteiger partial charge in [0.15, 0.2) is 6.61 Å². The van der Waals surface area contributed by atoms with Crippen LogP contribution in [-0.4, -0.2) is 42.5 Å². The third-order valence-corrected chi connectivity index (χ3v) is 2.99. The van der Waals surface area contributed by atoms with Crippen molar-refractivity contribution in [3.8, 4) is 5.75 Å². The lowest BCUT2D eigenvalue weighted by Gasteiger charge is -2.18. The van der Waals surface area contributed by atoms with E-state index in [0.29, 0.717) is 24.5 Å². The largest absolute Gasteiger partial charge is 0.484 e. The summed E-state index contributed by atoms with van der Waals surface area (Å²) in [5, 5.41) is 2.68. The quantitative estimate of drug-likeness (QED) is 0.791. The van der Waals surface area contributed by atoms with Crippen molar-refractivity contribution in [2.45, 2.75) is 26.8 Å². The van der Waals surface area contributed by atoms with Gasteiger partial charge in [-0.15, -0.1) is 0 Å². The van der Waals surface area contributed by atoms with Gasteiger partial charge >= 0.3 is 0 Å². The Morgan fingerprint density at radius 3 is 2.57 bits per heavy atom. The maximum Gasteiger partial charge on any atom is 0.260 e. The number of carbonyl (C=O) groups excluding carboxylic acids is 2. The molecule has 0 aliphatic carbocycles. The van der Waals surface area contributed by atoms with Crippen molar-refractivity contribution in [2.75, 3.05) is 25.0 Å². The van der Waals surface area contributed by atoms with Crippen molar-refractivity contribution in [2.24, 2.45) is 5.73 Å². The van der Waals surface area contributed by atoms with Gasteiger partial charge in [0.2, 0.25) is 5.91 Å². The van der Waals surface area contributed by atoms with Crippen LogP contribution < -0.4 is 15.8 Å². The summed E-state index contributed by atoms with van der Waals surface area (Å²) in [6.45, 7) is 6.74. The fourth-order valence-electron chi connectivity index (χ4n) is 1.73. The van der Waals surface area contributed by atoms with Crippen molar-refractivity contribution >= 4 is 17.5 Å². The molecule has 0 aliphatic rings. The van der Waals surface area contributed by atoms with Gasteiger partial charge in [-0.2, -0.15) is 0 Å². The molecule has 6 heteroatoms. The van der Waals surface area contributed by atoms with Crippen LogP contribution in [0.2, 0.25) is 0 Å². The number of ether oxygens (including phenoxy) is 1. The van der Waals surface area contributed by atoms with E-state index in [0.717, 1.165) is 0 Å². The Kier molecular flexibility index (Phi) is 6.68. The summed E-state index contributed by atoms with van der Waals surface area (Å²) in [5.41, 5.74) is 6.08. The Hall–Kier alpha value is -2.08. The van der Waals surface area contributed by atoms with E-state index in [1.165, 1.54) is 0 Å². The Bertz CT molecular complexity index is 485. The summed E-state index contributed by atoms with van der Waals surface area (Å²) in [6.07, 6.45) is 0. The number of anilines is 1. The Morgan fingerprint density at radius 2 is 2.00 bits per heavy atom. The molecule has 0 aromatic heterocycles. The summed E-state index contributed by atoms with van der Waals surface area (Å²) < 4.78 is 5.46. The average molecular weight is 293 g/mol. The number of nitrogens with one attached hydrogen (secondary N) is 1. The van der Waals surface area contributed by atoms with Gasteiger partial charge in [0.05, 0.1) is 6.04 Å². The highest BCUT2D eigenvalue weighted by Crippen LogP contribution is 2.17. The van der Waals surface area contributed by atoms with Crippen molar-refractivity contribution in [3.63, 3.8) is 0 Å². The predicted molar refractivity (Wildman–Crippen MR) is 82.1 cm³/mol. The van der Waals surface area contributed by atoms with Gasteiger partial charge in [-0.1, -0.05) is 6.07 Å². The van der Waals surface area contributed by atoms with Crippen LogP contribution in [0.25, 0.3) is 0 Å². The molecular formula is C15H23N3O3. The molecule has 1 atom stereocenters. The molecule has 6 nitrogen and oxygen atoms in total. The Labute approximate surface area is 125 Å². The van der Waals surface area contributed by atoms with E-state index in [1.54, 1.807) is 36.1 Å². The topological polar surface area (TPSA) is 84.7 Å². The fourth-order valence-corrected chi connectivity index (χ4v) is 1.73. The molecule has 1 aromatic carbocycles. The highest BCUT2D eigenvalue weighted by molar-refractivity contribution is 5.94. The first-order valence-corrected chi connectivity index (χ1v) is 7.05. The zero-order valence-corrected chi connectivity index (χ0v) is 12.8. The molecule has 0 bridgehead atoms. The number of amides is 2. The lowest BCUT2D eigenvalue weighted by atomic mass is 10.2. The van der Waals surface area contributed by atoms with Crippen LogP contribution in [0.3, 0.4) is 0 Å². The molecule has 116 valence electrons. The van der Waals surface area contributed by atoms with Crippen LogP contribution in [0.5, 0.6) is 5.75 Å². The number of hydrogen-bond donors (Lipinski definition) is 2. The first kappa shape index (κ1) is 17.0. The van der Waals surface area contributed by atoms with Crippen molar-refractivity contribution in [1.82, 2.24) is 4.90 Å². The molecule has 0 aliphatic heterocycles. The van der Waals surface area contributed by atoms with E-state index in [-0.39, 0.29) is 18.4 Å². The van der Waals surface area contributed by atoms with Gasteiger partial charge in [-0.25, -0.2) is 0 Å². The Morgan fingerprint density at radius 1 is 1.33 bits per heavy atom. The molecule has 3 N–H and O–H groups in total. The lowest BCUT2D eigenvalue weighted by molar-refractivity contribution is -0.133. The summed E-state index contributed by atoms with van der Waals surface area (Å²) in [5.74, 6) is 0.189. The smallest absolute Gasteiger partial charge is 0.260 e. The SMILES string of the molecule is CCN(CC)C(=O)COc1cccc(NC(=O)[C@H](C)N)c1. The van der Waals surface area contributed by atoms with Crippen molar-refractivity contribution in [3.05, 3.63) is 24.3 Å². The zero-order valence-electron chi connectivity index (χ0n) is 12.8. The third-order valence-electron chi connectivity index (χ3n) is 2.99. The van der Waals surface area contributed by atoms with E-state index in [2.05, 4.69) is 5.32 Å². The second-order valence-corrected chi connectivity index (χ2v) is 4.66. The number of likely N-dealkylation sites (N-methyl/N-ethyl adjacent to an activating group) is 1. The number of rotatable bonds is 7. The number of nitrogens with two attached hydrogens (primary N) is 1.